The molecule has 1 heterocycles. The average Bonchev–Trinajstić information content (AvgIpc) is 2.56. The van der Waals surface area contributed by atoms with Crippen molar-refractivity contribution in [2.45, 2.75) is 5.75 Å². The molecule has 0 radical (unpaired) electrons. The van der Waals surface area contributed by atoms with Crippen LogP contribution in [0.3, 0.4) is 0 Å². The molecule has 3 aromatic rings. The Morgan fingerprint density at radius 3 is 2.17 bits per heavy atom. The van der Waals surface area contributed by atoms with Crippen molar-refractivity contribution >= 4 is 11.1 Å². The lowest BCUT2D eigenvalue weighted by molar-refractivity contribution is 0.563. The van der Waals surface area contributed by atoms with Gasteiger partial charge in [-0.15, -0.1) is 0 Å². The van der Waals surface area contributed by atoms with E-state index in [0.29, 0.717) is 0 Å². The average molecular weight is 325 g/mol. The molecule has 23 heavy (non-hydrogen) atoms. The predicted molar refractivity (Wildman–Crippen MR) is 92.0 cm³/mol. The van der Waals surface area contributed by atoms with Crippen LogP contribution in [0, 0.1) is 0 Å². The van der Waals surface area contributed by atoms with Gasteiger partial charge in [0.25, 0.3) is 5.56 Å². The number of rotatable bonds is 4. The van der Waals surface area contributed by atoms with E-state index in [-0.39, 0.29) is 11.3 Å². The molecule has 1 aromatic heterocycles. The molecule has 0 amide bonds. The third-order valence-corrected chi connectivity index (χ3v) is 4.10. The molecule has 0 spiro atoms. The van der Waals surface area contributed by atoms with Crippen molar-refractivity contribution in [1.29, 1.82) is 0 Å². The molecule has 0 aliphatic heterocycles. The molecule has 1 unspecified atom stereocenters. The van der Waals surface area contributed by atoms with Crippen molar-refractivity contribution in [3.63, 3.8) is 0 Å². The normalized spacial score (nSPS) is 12.0. The standard InChI is InChI=1S/C18H15NO3S/c20-18-11-10-16(12-19(18)17-4-2-1-3-5-17)15-8-6-14(7-9-15)13-23(21)22/h1-12H,13H2,(H,21,22). The Bertz CT molecular complexity index is 886. The topological polar surface area (TPSA) is 59.3 Å². The molecular formula is C18H15NO3S. The van der Waals surface area contributed by atoms with Gasteiger partial charge in [-0.05, 0) is 34.9 Å². The van der Waals surface area contributed by atoms with Crippen LogP contribution >= 0.6 is 0 Å². The molecule has 0 saturated carbocycles. The first-order chi connectivity index (χ1) is 11.1. The second kappa shape index (κ2) is 6.73. The van der Waals surface area contributed by atoms with Gasteiger partial charge in [-0.1, -0.05) is 42.5 Å². The van der Waals surface area contributed by atoms with E-state index in [1.54, 1.807) is 22.9 Å². The van der Waals surface area contributed by atoms with Gasteiger partial charge in [0.05, 0.1) is 5.75 Å². The molecule has 2 aromatic carbocycles. The van der Waals surface area contributed by atoms with Gasteiger partial charge >= 0.3 is 0 Å². The highest BCUT2D eigenvalue weighted by atomic mass is 32.2. The van der Waals surface area contributed by atoms with Crippen molar-refractivity contribution in [2.24, 2.45) is 0 Å². The maximum atomic E-state index is 12.1. The lowest BCUT2D eigenvalue weighted by Crippen LogP contribution is -2.16. The fraction of sp³-hybridized carbons (Fsp3) is 0.0556. The number of nitrogens with zero attached hydrogens (tertiary/aromatic N) is 1. The van der Waals surface area contributed by atoms with Crippen LogP contribution in [0.15, 0.2) is 77.7 Å². The van der Waals surface area contributed by atoms with Crippen LogP contribution in [0.5, 0.6) is 0 Å². The first-order valence-electron chi connectivity index (χ1n) is 7.08. The SMILES string of the molecule is O=c1ccc(-c2ccc(CS(=O)O)cc2)cn1-c1ccccc1. The van der Waals surface area contributed by atoms with Gasteiger partial charge in [0.15, 0.2) is 11.1 Å². The molecule has 4 nitrogen and oxygen atoms in total. The second-order valence-corrected chi connectivity index (χ2v) is 6.06. The monoisotopic (exact) mass is 325 g/mol. The zero-order valence-corrected chi connectivity index (χ0v) is 13.1. The minimum atomic E-state index is -1.84. The van der Waals surface area contributed by atoms with Gasteiger partial charge in [-0.2, -0.15) is 0 Å². The fourth-order valence-corrected chi connectivity index (χ4v) is 2.86. The number of para-hydroxylation sites is 1. The summed E-state index contributed by atoms with van der Waals surface area (Å²) in [5.41, 5.74) is 3.37. The molecule has 3 rings (SSSR count). The Kier molecular flexibility index (Phi) is 4.50. The van der Waals surface area contributed by atoms with E-state index in [9.17, 15) is 9.00 Å². The molecule has 0 bridgehead atoms. The van der Waals surface area contributed by atoms with Crippen LogP contribution in [-0.4, -0.2) is 13.3 Å². The Hall–Kier alpha value is -2.50. The Morgan fingerprint density at radius 2 is 1.52 bits per heavy atom. The second-order valence-electron chi connectivity index (χ2n) is 5.12. The van der Waals surface area contributed by atoms with Crippen LogP contribution < -0.4 is 5.56 Å². The first-order valence-corrected chi connectivity index (χ1v) is 8.36. The molecule has 0 aliphatic carbocycles. The van der Waals surface area contributed by atoms with Gasteiger partial charge in [0, 0.05) is 18.0 Å². The molecule has 1 atom stereocenters. The summed E-state index contributed by atoms with van der Waals surface area (Å²) in [5.74, 6) is 0.115. The highest BCUT2D eigenvalue weighted by Gasteiger charge is 2.04. The van der Waals surface area contributed by atoms with Crippen LogP contribution in [0.25, 0.3) is 16.8 Å². The largest absolute Gasteiger partial charge is 0.306 e. The van der Waals surface area contributed by atoms with Gasteiger partial charge in [0.2, 0.25) is 0 Å². The summed E-state index contributed by atoms with van der Waals surface area (Å²) in [6, 6.07) is 20.2. The molecule has 5 heteroatoms. The van der Waals surface area contributed by atoms with E-state index in [4.69, 9.17) is 4.55 Å². The van der Waals surface area contributed by atoms with Crippen molar-refractivity contribution in [3.05, 3.63) is 88.8 Å². The Balaban J connectivity index is 1.98. The zero-order chi connectivity index (χ0) is 16.2. The Morgan fingerprint density at radius 1 is 0.870 bits per heavy atom. The number of hydrogen-bond donors (Lipinski definition) is 1. The van der Waals surface area contributed by atoms with Crippen molar-refractivity contribution in [1.82, 2.24) is 4.57 Å². The maximum Gasteiger partial charge on any atom is 0.255 e. The minimum Gasteiger partial charge on any atom is -0.306 e. The number of hydrogen-bond acceptors (Lipinski definition) is 2. The van der Waals surface area contributed by atoms with E-state index < -0.39 is 11.1 Å². The van der Waals surface area contributed by atoms with E-state index >= 15 is 0 Å². The van der Waals surface area contributed by atoms with E-state index in [1.807, 2.05) is 54.6 Å². The van der Waals surface area contributed by atoms with Gasteiger partial charge in [-0.3, -0.25) is 9.36 Å². The smallest absolute Gasteiger partial charge is 0.255 e. The summed E-state index contributed by atoms with van der Waals surface area (Å²) in [6.45, 7) is 0. The molecule has 116 valence electrons. The van der Waals surface area contributed by atoms with Crippen LogP contribution in [0.1, 0.15) is 5.56 Å². The van der Waals surface area contributed by atoms with Crippen molar-refractivity contribution in [3.8, 4) is 16.8 Å². The number of aromatic nitrogens is 1. The summed E-state index contributed by atoms with van der Waals surface area (Å²) in [6.07, 6.45) is 1.80. The molecule has 0 saturated heterocycles. The summed E-state index contributed by atoms with van der Waals surface area (Å²) >= 11 is -1.84. The third-order valence-electron chi connectivity index (χ3n) is 3.52. The lowest BCUT2D eigenvalue weighted by atomic mass is 10.1. The van der Waals surface area contributed by atoms with Gasteiger partial charge in [-0.25, -0.2) is 4.21 Å². The summed E-state index contributed by atoms with van der Waals surface area (Å²) in [4.78, 5) is 12.1. The van der Waals surface area contributed by atoms with Gasteiger partial charge in [0.1, 0.15) is 0 Å². The summed E-state index contributed by atoms with van der Waals surface area (Å²) in [7, 11) is 0. The van der Waals surface area contributed by atoms with E-state index in [1.165, 1.54) is 0 Å². The maximum absolute atomic E-state index is 12.1. The highest BCUT2D eigenvalue weighted by molar-refractivity contribution is 7.78. The summed E-state index contributed by atoms with van der Waals surface area (Å²) in [5, 5.41) is 0. The minimum absolute atomic E-state index is 0.0905. The van der Waals surface area contributed by atoms with Crippen molar-refractivity contribution in [2.75, 3.05) is 0 Å². The van der Waals surface area contributed by atoms with Gasteiger partial charge < -0.3 is 4.55 Å². The quantitative estimate of drug-likeness (QED) is 0.749. The molecular weight excluding hydrogens is 310 g/mol. The predicted octanol–water partition coefficient (Wildman–Crippen LogP) is 3.23. The summed E-state index contributed by atoms with van der Waals surface area (Å²) < 4.78 is 21.4. The lowest BCUT2D eigenvalue weighted by Gasteiger charge is -2.09. The third kappa shape index (κ3) is 3.64. The highest BCUT2D eigenvalue weighted by Crippen LogP contribution is 2.20. The molecule has 1 N–H and O–H groups in total. The van der Waals surface area contributed by atoms with Crippen LogP contribution in [0.2, 0.25) is 0 Å². The first kappa shape index (κ1) is 15.4. The fourth-order valence-electron chi connectivity index (χ4n) is 2.38. The molecule has 0 aliphatic rings. The van der Waals surface area contributed by atoms with Crippen LogP contribution in [-0.2, 0) is 16.8 Å². The van der Waals surface area contributed by atoms with Crippen LogP contribution in [0.4, 0.5) is 0 Å². The molecule has 0 fully saturated rings. The van der Waals surface area contributed by atoms with E-state index in [2.05, 4.69) is 0 Å². The zero-order valence-electron chi connectivity index (χ0n) is 12.3. The van der Waals surface area contributed by atoms with E-state index in [0.717, 1.165) is 22.4 Å². The number of benzene rings is 2. The number of pyridine rings is 1. The van der Waals surface area contributed by atoms with Crippen molar-refractivity contribution < 1.29 is 8.76 Å². The Labute approximate surface area is 136 Å².